The van der Waals surface area contributed by atoms with Crippen molar-refractivity contribution in [3.63, 3.8) is 0 Å². The second-order valence-corrected chi connectivity index (χ2v) is 6.17. The average molecular weight is 208 g/mol. The highest BCUT2D eigenvalue weighted by atomic mass is 14.4. The third-order valence-electron chi connectivity index (χ3n) is 4.34. The molecule has 0 radical (unpaired) electrons. The highest BCUT2D eigenvalue weighted by molar-refractivity contribution is 5.01. The van der Waals surface area contributed by atoms with E-state index in [-0.39, 0.29) is 0 Å². The van der Waals surface area contributed by atoms with Crippen molar-refractivity contribution in [3.8, 4) is 0 Å². The van der Waals surface area contributed by atoms with Crippen LogP contribution < -0.4 is 0 Å². The molecule has 0 aromatic carbocycles. The largest absolute Gasteiger partial charge is 0.0887 e. The molecule has 0 heteroatoms. The van der Waals surface area contributed by atoms with Crippen LogP contribution in [0.3, 0.4) is 0 Å². The van der Waals surface area contributed by atoms with Crippen LogP contribution in [0.4, 0.5) is 0 Å². The van der Waals surface area contributed by atoms with Crippen molar-refractivity contribution in [2.24, 2.45) is 17.3 Å². The maximum absolute atomic E-state index is 2.46. The summed E-state index contributed by atoms with van der Waals surface area (Å²) in [6, 6.07) is 0. The Morgan fingerprint density at radius 2 is 1.87 bits per heavy atom. The Bertz CT molecular complexity index is 222. The van der Waals surface area contributed by atoms with Gasteiger partial charge in [-0.1, -0.05) is 51.7 Å². The summed E-state index contributed by atoms with van der Waals surface area (Å²) >= 11 is 0. The maximum atomic E-state index is 2.46. The lowest BCUT2D eigenvalue weighted by molar-refractivity contribution is 0.102. The molecule has 1 saturated carbocycles. The molecule has 0 saturated heterocycles. The monoisotopic (exact) mass is 208 g/mol. The minimum Gasteiger partial charge on any atom is -0.0887 e. The summed E-state index contributed by atoms with van der Waals surface area (Å²) in [4.78, 5) is 0. The lowest BCUT2D eigenvalue weighted by Gasteiger charge is -2.41. The van der Waals surface area contributed by atoms with E-state index in [0.717, 1.165) is 11.8 Å². The highest BCUT2D eigenvalue weighted by Crippen LogP contribution is 2.45. The summed E-state index contributed by atoms with van der Waals surface area (Å²) in [5, 5.41) is 0. The summed E-state index contributed by atoms with van der Waals surface area (Å²) < 4.78 is 0. The van der Waals surface area contributed by atoms with Crippen molar-refractivity contribution in [1.82, 2.24) is 0 Å². The van der Waals surface area contributed by atoms with Gasteiger partial charge in [0.2, 0.25) is 0 Å². The topological polar surface area (TPSA) is 0 Å². The molecule has 2 atom stereocenters. The molecule has 0 aliphatic heterocycles. The van der Waals surface area contributed by atoms with E-state index in [4.69, 9.17) is 0 Å². The third kappa shape index (κ3) is 3.36. The zero-order chi connectivity index (χ0) is 11.5. The summed E-state index contributed by atoms with van der Waals surface area (Å²) in [6.07, 6.45) is 9.35. The molecule has 0 nitrogen and oxygen atoms in total. The molecule has 0 bridgehead atoms. The van der Waals surface area contributed by atoms with E-state index >= 15 is 0 Å². The van der Waals surface area contributed by atoms with Crippen LogP contribution in [-0.4, -0.2) is 0 Å². The first-order chi connectivity index (χ1) is 6.97. The molecule has 1 rings (SSSR count). The van der Waals surface area contributed by atoms with Gasteiger partial charge in [-0.05, 0) is 43.9 Å². The van der Waals surface area contributed by atoms with E-state index in [1.807, 2.05) is 0 Å². The van der Waals surface area contributed by atoms with Gasteiger partial charge in [-0.3, -0.25) is 0 Å². The summed E-state index contributed by atoms with van der Waals surface area (Å²) in [5.74, 6) is 1.86. The normalized spacial score (nSPS) is 29.3. The fraction of sp³-hybridized carbons (Fsp3) is 0.867. The van der Waals surface area contributed by atoms with Crippen molar-refractivity contribution in [3.05, 3.63) is 11.6 Å². The van der Waals surface area contributed by atoms with Crippen LogP contribution in [0.25, 0.3) is 0 Å². The van der Waals surface area contributed by atoms with Crippen LogP contribution in [0.2, 0.25) is 0 Å². The van der Waals surface area contributed by atoms with Crippen molar-refractivity contribution in [2.75, 3.05) is 0 Å². The molecule has 0 heterocycles. The van der Waals surface area contributed by atoms with E-state index in [2.05, 4.69) is 40.7 Å². The summed E-state index contributed by atoms with van der Waals surface area (Å²) in [6.45, 7) is 11.8. The first kappa shape index (κ1) is 12.8. The van der Waals surface area contributed by atoms with E-state index in [1.54, 1.807) is 5.57 Å². The molecular weight excluding hydrogens is 180 g/mol. The van der Waals surface area contributed by atoms with Gasteiger partial charge in [0.15, 0.2) is 0 Å². The smallest absolute Gasteiger partial charge is 0.0269 e. The van der Waals surface area contributed by atoms with Gasteiger partial charge in [-0.2, -0.15) is 0 Å². The SMILES string of the molecule is C/C=C(\C)CC(C)(C)C1CCCCC1C. The van der Waals surface area contributed by atoms with E-state index < -0.39 is 0 Å². The lowest BCUT2D eigenvalue weighted by Crippen LogP contribution is -2.32. The van der Waals surface area contributed by atoms with Crippen molar-refractivity contribution in [2.45, 2.75) is 66.7 Å². The first-order valence-corrected chi connectivity index (χ1v) is 6.59. The number of allylic oxidation sites excluding steroid dienone is 2. The molecule has 0 aromatic heterocycles. The minimum atomic E-state index is 0.496. The van der Waals surface area contributed by atoms with Gasteiger partial charge in [0.1, 0.15) is 0 Å². The quantitative estimate of drug-likeness (QED) is 0.559. The summed E-state index contributed by atoms with van der Waals surface area (Å²) in [7, 11) is 0. The standard InChI is InChI=1S/C15H28/c1-6-12(2)11-15(4,5)14-10-8-7-9-13(14)3/h6,13-14H,7-11H2,1-5H3/b12-6+. The Balaban J connectivity index is 2.66. The molecule has 0 spiro atoms. The van der Waals surface area contributed by atoms with Crippen LogP contribution in [-0.2, 0) is 0 Å². The second kappa shape index (κ2) is 5.18. The maximum Gasteiger partial charge on any atom is -0.0269 e. The highest BCUT2D eigenvalue weighted by Gasteiger charge is 2.34. The van der Waals surface area contributed by atoms with Gasteiger partial charge in [-0.15, -0.1) is 0 Å². The van der Waals surface area contributed by atoms with Gasteiger partial charge < -0.3 is 0 Å². The molecule has 2 unspecified atom stereocenters. The third-order valence-corrected chi connectivity index (χ3v) is 4.34. The molecule has 15 heavy (non-hydrogen) atoms. The zero-order valence-electron chi connectivity index (χ0n) is 11.3. The van der Waals surface area contributed by atoms with Crippen molar-refractivity contribution in [1.29, 1.82) is 0 Å². The van der Waals surface area contributed by atoms with Crippen LogP contribution in [0.1, 0.15) is 66.7 Å². The molecule has 0 amide bonds. The fourth-order valence-corrected chi connectivity index (χ4v) is 3.43. The van der Waals surface area contributed by atoms with Crippen molar-refractivity contribution < 1.29 is 0 Å². The molecule has 88 valence electrons. The number of rotatable bonds is 3. The Kier molecular flexibility index (Phi) is 4.43. The molecular formula is C15H28. The van der Waals surface area contributed by atoms with E-state index in [1.165, 1.54) is 32.1 Å². The molecule has 1 fully saturated rings. The number of hydrogen-bond donors (Lipinski definition) is 0. The Morgan fingerprint density at radius 3 is 2.40 bits per heavy atom. The molecule has 0 N–H and O–H groups in total. The fourth-order valence-electron chi connectivity index (χ4n) is 3.43. The predicted molar refractivity (Wildman–Crippen MR) is 69.0 cm³/mol. The summed E-state index contributed by atoms with van der Waals surface area (Å²) in [5.41, 5.74) is 2.05. The Morgan fingerprint density at radius 1 is 1.27 bits per heavy atom. The second-order valence-electron chi connectivity index (χ2n) is 6.17. The van der Waals surface area contributed by atoms with Gasteiger partial charge >= 0.3 is 0 Å². The van der Waals surface area contributed by atoms with Crippen LogP contribution in [0, 0.1) is 17.3 Å². The van der Waals surface area contributed by atoms with E-state index in [0.29, 0.717) is 5.41 Å². The van der Waals surface area contributed by atoms with Crippen LogP contribution in [0.15, 0.2) is 11.6 Å². The number of hydrogen-bond acceptors (Lipinski definition) is 0. The molecule has 1 aliphatic rings. The molecule has 0 aromatic rings. The Hall–Kier alpha value is -0.260. The van der Waals surface area contributed by atoms with Gasteiger partial charge in [-0.25, -0.2) is 0 Å². The zero-order valence-corrected chi connectivity index (χ0v) is 11.3. The molecule has 1 aliphatic carbocycles. The Labute approximate surface area is 96.2 Å². The predicted octanol–water partition coefficient (Wildman–Crippen LogP) is 5.20. The average Bonchev–Trinajstić information content (AvgIpc) is 2.17. The lowest BCUT2D eigenvalue weighted by atomic mass is 9.64. The minimum absolute atomic E-state index is 0.496. The van der Waals surface area contributed by atoms with Crippen molar-refractivity contribution >= 4 is 0 Å². The van der Waals surface area contributed by atoms with Gasteiger partial charge in [0, 0.05) is 0 Å². The van der Waals surface area contributed by atoms with Crippen LogP contribution in [0.5, 0.6) is 0 Å². The van der Waals surface area contributed by atoms with Gasteiger partial charge in [0.25, 0.3) is 0 Å². The van der Waals surface area contributed by atoms with Gasteiger partial charge in [0.05, 0.1) is 0 Å². The first-order valence-electron chi connectivity index (χ1n) is 6.59. The van der Waals surface area contributed by atoms with Crippen LogP contribution >= 0.6 is 0 Å². The van der Waals surface area contributed by atoms with E-state index in [9.17, 15) is 0 Å².